The van der Waals surface area contributed by atoms with Crippen LogP contribution < -0.4 is 15.0 Å². The van der Waals surface area contributed by atoms with Crippen LogP contribution in [0.1, 0.15) is 27.3 Å². The number of nitrogens with one attached hydrogen (secondary N) is 1. The first-order chi connectivity index (χ1) is 16.8. The van der Waals surface area contributed by atoms with E-state index in [2.05, 4.69) is 10.4 Å². The summed E-state index contributed by atoms with van der Waals surface area (Å²) in [6.07, 6.45) is 0. The summed E-state index contributed by atoms with van der Waals surface area (Å²) in [6, 6.07) is 24.3. The van der Waals surface area contributed by atoms with E-state index in [0.29, 0.717) is 17.0 Å². The van der Waals surface area contributed by atoms with Crippen molar-refractivity contribution in [1.29, 1.82) is 0 Å². The summed E-state index contributed by atoms with van der Waals surface area (Å²) >= 11 is 0. The molecule has 0 spiro atoms. The van der Waals surface area contributed by atoms with Crippen molar-refractivity contribution in [1.82, 2.24) is 9.78 Å². The van der Waals surface area contributed by atoms with Crippen molar-refractivity contribution in [2.24, 2.45) is 0 Å². The van der Waals surface area contributed by atoms with Gasteiger partial charge < -0.3 is 15.0 Å². The third-order valence-electron chi connectivity index (χ3n) is 5.75. The highest BCUT2D eigenvalue weighted by molar-refractivity contribution is 6.05. The van der Waals surface area contributed by atoms with Gasteiger partial charge in [0.05, 0.1) is 22.8 Å². The summed E-state index contributed by atoms with van der Waals surface area (Å²) < 4.78 is 7.47. The van der Waals surface area contributed by atoms with E-state index in [-0.39, 0.29) is 18.4 Å². The van der Waals surface area contributed by atoms with Crippen molar-refractivity contribution in [3.05, 3.63) is 101 Å². The minimum absolute atomic E-state index is 0.0974. The predicted octanol–water partition coefficient (Wildman–Crippen LogP) is 5.09. The van der Waals surface area contributed by atoms with Gasteiger partial charge in [-0.1, -0.05) is 35.9 Å². The van der Waals surface area contributed by atoms with E-state index < -0.39 is 0 Å². The molecule has 3 aromatic carbocycles. The summed E-state index contributed by atoms with van der Waals surface area (Å²) in [7, 11) is 1.73. The minimum Gasteiger partial charge on any atom is -0.484 e. The van der Waals surface area contributed by atoms with Crippen LogP contribution in [-0.2, 0) is 4.79 Å². The molecule has 35 heavy (non-hydrogen) atoms. The van der Waals surface area contributed by atoms with Gasteiger partial charge in [0, 0.05) is 18.3 Å². The highest BCUT2D eigenvalue weighted by Gasteiger charge is 2.16. The first-order valence-electron chi connectivity index (χ1n) is 11.3. The molecule has 4 aromatic rings. The van der Waals surface area contributed by atoms with E-state index in [0.717, 1.165) is 28.3 Å². The predicted molar refractivity (Wildman–Crippen MR) is 138 cm³/mol. The van der Waals surface area contributed by atoms with E-state index in [4.69, 9.17) is 4.74 Å². The minimum atomic E-state index is -0.278. The Bertz CT molecular complexity index is 1330. The van der Waals surface area contributed by atoms with Crippen LogP contribution in [0.25, 0.3) is 5.69 Å². The second kappa shape index (κ2) is 10.3. The van der Waals surface area contributed by atoms with Crippen LogP contribution in [0.15, 0.2) is 78.9 Å². The van der Waals surface area contributed by atoms with E-state index in [1.54, 1.807) is 40.9 Å². The Kier molecular flexibility index (Phi) is 6.96. The molecule has 1 N–H and O–H groups in total. The van der Waals surface area contributed by atoms with Gasteiger partial charge in [-0.2, -0.15) is 5.10 Å². The first-order valence-corrected chi connectivity index (χ1v) is 11.3. The lowest BCUT2D eigenvalue weighted by atomic mass is 10.1. The van der Waals surface area contributed by atoms with Gasteiger partial charge in [-0.05, 0) is 69.3 Å². The maximum Gasteiger partial charge on any atom is 0.262 e. The van der Waals surface area contributed by atoms with E-state index in [1.807, 2.05) is 75.4 Å². The van der Waals surface area contributed by atoms with Crippen molar-refractivity contribution in [3.63, 3.8) is 0 Å². The molecule has 4 rings (SSSR count). The quantitative estimate of drug-likeness (QED) is 0.410. The zero-order valence-corrected chi connectivity index (χ0v) is 20.3. The van der Waals surface area contributed by atoms with Gasteiger partial charge in [-0.15, -0.1) is 0 Å². The highest BCUT2D eigenvalue weighted by Crippen LogP contribution is 2.23. The number of hydrogen-bond acceptors (Lipinski definition) is 4. The number of nitrogens with zero attached hydrogens (tertiary/aromatic N) is 3. The molecule has 0 saturated heterocycles. The Labute approximate surface area is 205 Å². The maximum absolute atomic E-state index is 12.7. The molecule has 1 aromatic heterocycles. The molecule has 0 aliphatic carbocycles. The lowest BCUT2D eigenvalue weighted by Crippen LogP contribution is -2.26. The number of aromatic nitrogens is 2. The molecule has 0 atom stereocenters. The van der Waals surface area contributed by atoms with Crippen LogP contribution >= 0.6 is 0 Å². The van der Waals surface area contributed by atoms with Crippen LogP contribution in [0.3, 0.4) is 0 Å². The fourth-order valence-corrected chi connectivity index (χ4v) is 3.74. The number of carbonyl (C=O) groups excluding carboxylic acids is 2. The van der Waals surface area contributed by atoms with Gasteiger partial charge >= 0.3 is 0 Å². The lowest BCUT2D eigenvalue weighted by Gasteiger charge is -2.18. The van der Waals surface area contributed by atoms with Gasteiger partial charge in [-0.3, -0.25) is 9.59 Å². The zero-order chi connectivity index (χ0) is 24.9. The Hall–Kier alpha value is -4.39. The molecule has 7 nitrogen and oxygen atoms in total. The highest BCUT2D eigenvalue weighted by atomic mass is 16.5. The molecule has 0 fully saturated rings. The summed E-state index contributed by atoms with van der Waals surface area (Å²) in [6.45, 7) is 5.61. The van der Waals surface area contributed by atoms with Crippen LogP contribution in [0.5, 0.6) is 5.75 Å². The van der Waals surface area contributed by atoms with Crippen molar-refractivity contribution in [2.45, 2.75) is 20.8 Å². The average Bonchev–Trinajstić information content (AvgIpc) is 3.16. The van der Waals surface area contributed by atoms with Crippen molar-refractivity contribution < 1.29 is 14.3 Å². The second-order valence-corrected chi connectivity index (χ2v) is 8.35. The zero-order valence-electron chi connectivity index (χ0n) is 20.3. The molecule has 7 heteroatoms. The fraction of sp³-hybridized carbons (Fsp3) is 0.179. The Balaban J connectivity index is 1.35. The second-order valence-electron chi connectivity index (χ2n) is 8.35. The largest absolute Gasteiger partial charge is 0.484 e. The van der Waals surface area contributed by atoms with Gasteiger partial charge in [0.25, 0.3) is 11.8 Å². The summed E-state index contributed by atoms with van der Waals surface area (Å²) in [5.41, 5.74) is 5.62. The Morgan fingerprint density at radius 3 is 2.23 bits per heavy atom. The average molecular weight is 469 g/mol. The SMILES string of the molecule is Cc1ccc(C(=O)N(C)c2ccc(OCC(=O)Nc3c(C)nn(-c4ccccc4)c3C)cc2)cc1. The van der Waals surface area contributed by atoms with Crippen molar-refractivity contribution >= 4 is 23.2 Å². The molecule has 0 aliphatic rings. The number of benzene rings is 3. The van der Waals surface area contributed by atoms with Crippen LogP contribution in [-0.4, -0.2) is 35.2 Å². The molecule has 2 amide bonds. The van der Waals surface area contributed by atoms with E-state index in [9.17, 15) is 9.59 Å². The van der Waals surface area contributed by atoms with Crippen molar-refractivity contribution in [3.8, 4) is 11.4 Å². The number of carbonyl (C=O) groups is 2. The number of para-hydroxylation sites is 1. The standard InChI is InChI=1S/C28H28N4O3/c1-19-10-12-22(13-11-19)28(34)31(4)23-14-16-25(17-15-23)35-18-26(33)29-27-20(2)30-32(21(27)3)24-8-6-5-7-9-24/h5-17H,18H2,1-4H3,(H,29,33). The van der Waals surface area contributed by atoms with Gasteiger partial charge in [0.2, 0.25) is 0 Å². The molecule has 0 bridgehead atoms. The summed E-state index contributed by atoms with van der Waals surface area (Å²) in [5, 5.41) is 7.45. The maximum atomic E-state index is 12.7. The first kappa shape index (κ1) is 23.8. The number of anilines is 2. The third-order valence-corrected chi connectivity index (χ3v) is 5.75. The Morgan fingerprint density at radius 2 is 1.57 bits per heavy atom. The third kappa shape index (κ3) is 5.41. The number of aryl methyl sites for hydroxylation is 2. The molecule has 0 radical (unpaired) electrons. The Morgan fingerprint density at radius 1 is 0.914 bits per heavy atom. The summed E-state index contributed by atoms with van der Waals surface area (Å²) in [4.78, 5) is 26.8. The molecular weight excluding hydrogens is 440 g/mol. The lowest BCUT2D eigenvalue weighted by molar-refractivity contribution is -0.118. The molecule has 178 valence electrons. The molecule has 1 heterocycles. The molecular formula is C28H28N4O3. The normalized spacial score (nSPS) is 10.6. The van der Waals surface area contributed by atoms with Crippen LogP contribution in [0.2, 0.25) is 0 Å². The van der Waals surface area contributed by atoms with Crippen LogP contribution in [0.4, 0.5) is 11.4 Å². The van der Waals surface area contributed by atoms with Crippen molar-refractivity contribution in [2.75, 3.05) is 23.9 Å². The molecule has 0 saturated carbocycles. The number of hydrogen-bond donors (Lipinski definition) is 1. The molecule has 0 unspecified atom stereocenters. The number of ether oxygens (including phenoxy) is 1. The van der Waals surface area contributed by atoms with Crippen LogP contribution in [0, 0.1) is 20.8 Å². The number of amides is 2. The smallest absolute Gasteiger partial charge is 0.262 e. The molecule has 0 aliphatic heterocycles. The van der Waals surface area contributed by atoms with Gasteiger partial charge in [-0.25, -0.2) is 4.68 Å². The summed E-state index contributed by atoms with van der Waals surface area (Å²) in [5.74, 6) is 0.160. The topological polar surface area (TPSA) is 76.5 Å². The monoisotopic (exact) mass is 468 g/mol. The van der Waals surface area contributed by atoms with Gasteiger partial charge in [0.15, 0.2) is 6.61 Å². The van der Waals surface area contributed by atoms with Gasteiger partial charge in [0.1, 0.15) is 5.75 Å². The van der Waals surface area contributed by atoms with E-state index >= 15 is 0 Å². The van der Waals surface area contributed by atoms with E-state index in [1.165, 1.54) is 0 Å². The fourth-order valence-electron chi connectivity index (χ4n) is 3.74. The number of rotatable bonds is 7.